The number of nitrogens with two attached hydrogens (primary N) is 1. The minimum atomic E-state index is 0.234. The van der Waals surface area contributed by atoms with E-state index in [0.29, 0.717) is 11.3 Å². The Labute approximate surface area is 85.6 Å². The largest absolute Gasteiger partial charge is 0.342 e. The lowest BCUT2D eigenvalue weighted by Crippen LogP contribution is -2.29. The number of hydrogen-bond donors (Lipinski definition) is 1. The van der Waals surface area contributed by atoms with Gasteiger partial charge in [-0.1, -0.05) is 0 Å². The van der Waals surface area contributed by atoms with Crippen LogP contribution in [0.3, 0.4) is 0 Å². The van der Waals surface area contributed by atoms with Gasteiger partial charge in [-0.25, -0.2) is 0 Å². The van der Waals surface area contributed by atoms with Crippen LogP contribution in [0.1, 0.15) is 32.6 Å². The van der Waals surface area contributed by atoms with Crippen LogP contribution in [0.25, 0.3) is 0 Å². The van der Waals surface area contributed by atoms with Gasteiger partial charge in [0.15, 0.2) is 0 Å². The minimum absolute atomic E-state index is 0.234. The van der Waals surface area contributed by atoms with Crippen LogP contribution in [0.2, 0.25) is 0 Å². The molecule has 1 spiro atoms. The van der Waals surface area contributed by atoms with Gasteiger partial charge in [0.25, 0.3) is 0 Å². The van der Waals surface area contributed by atoms with Crippen LogP contribution < -0.4 is 5.73 Å². The highest BCUT2D eigenvalue weighted by Gasteiger charge is 2.44. The molecule has 1 aliphatic carbocycles. The van der Waals surface area contributed by atoms with E-state index in [9.17, 15) is 4.79 Å². The first kappa shape index (κ1) is 9.97. The molecule has 2 atom stereocenters. The van der Waals surface area contributed by atoms with Crippen molar-refractivity contribution in [2.75, 3.05) is 19.6 Å². The molecule has 0 aromatic heterocycles. The number of carbonyl (C=O) groups is 1. The average molecular weight is 196 g/mol. The van der Waals surface area contributed by atoms with Gasteiger partial charge >= 0.3 is 0 Å². The SMILES string of the molecule is CC(=O)N1CC[C@@]2(CC[C@H](CN)C2)C1. The molecule has 3 nitrogen and oxygen atoms in total. The second-order valence-corrected chi connectivity index (χ2v) is 5.04. The van der Waals surface area contributed by atoms with Crippen LogP contribution in [0.4, 0.5) is 0 Å². The summed E-state index contributed by atoms with van der Waals surface area (Å²) in [6.45, 7) is 4.45. The molecule has 0 unspecified atom stereocenters. The van der Waals surface area contributed by atoms with Crippen molar-refractivity contribution in [1.29, 1.82) is 0 Å². The van der Waals surface area contributed by atoms with Gasteiger partial charge in [0.1, 0.15) is 0 Å². The Hall–Kier alpha value is -0.570. The molecule has 2 rings (SSSR count). The zero-order chi connectivity index (χ0) is 10.2. The maximum Gasteiger partial charge on any atom is 0.219 e. The highest BCUT2D eigenvalue weighted by atomic mass is 16.2. The van der Waals surface area contributed by atoms with E-state index >= 15 is 0 Å². The quantitative estimate of drug-likeness (QED) is 0.679. The Balaban J connectivity index is 1.97. The molecule has 1 saturated heterocycles. The smallest absolute Gasteiger partial charge is 0.219 e. The summed E-state index contributed by atoms with van der Waals surface area (Å²) in [5, 5.41) is 0. The molecule has 1 saturated carbocycles. The summed E-state index contributed by atoms with van der Waals surface area (Å²) in [4.78, 5) is 13.2. The molecule has 0 aromatic carbocycles. The fourth-order valence-electron chi connectivity index (χ4n) is 3.10. The predicted molar refractivity (Wildman–Crippen MR) is 55.7 cm³/mol. The van der Waals surface area contributed by atoms with E-state index in [1.807, 2.05) is 4.90 Å². The Morgan fingerprint density at radius 2 is 2.36 bits per heavy atom. The van der Waals surface area contributed by atoms with Crippen molar-refractivity contribution in [3.8, 4) is 0 Å². The van der Waals surface area contributed by atoms with E-state index in [0.717, 1.165) is 19.6 Å². The number of nitrogens with zero attached hydrogens (tertiary/aromatic N) is 1. The van der Waals surface area contributed by atoms with Crippen LogP contribution in [-0.2, 0) is 4.79 Å². The highest BCUT2D eigenvalue weighted by Crippen LogP contribution is 2.47. The molecule has 0 aromatic rings. The summed E-state index contributed by atoms with van der Waals surface area (Å²) in [5.41, 5.74) is 6.14. The second kappa shape index (κ2) is 3.54. The minimum Gasteiger partial charge on any atom is -0.342 e. The summed E-state index contributed by atoms with van der Waals surface area (Å²) in [6, 6.07) is 0. The molecule has 1 aliphatic heterocycles. The Morgan fingerprint density at radius 1 is 1.57 bits per heavy atom. The van der Waals surface area contributed by atoms with Gasteiger partial charge in [0, 0.05) is 20.0 Å². The first-order valence-corrected chi connectivity index (χ1v) is 5.61. The molecule has 80 valence electrons. The lowest BCUT2D eigenvalue weighted by atomic mass is 9.84. The summed E-state index contributed by atoms with van der Waals surface area (Å²) in [5.74, 6) is 0.944. The molecule has 2 aliphatic rings. The monoisotopic (exact) mass is 196 g/mol. The van der Waals surface area contributed by atoms with Crippen molar-refractivity contribution in [2.24, 2.45) is 17.1 Å². The Kier molecular flexibility index (Phi) is 2.52. The summed E-state index contributed by atoms with van der Waals surface area (Å²) in [7, 11) is 0. The average Bonchev–Trinajstić information content (AvgIpc) is 2.74. The van der Waals surface area contributed by atoms with Gasteiger partial charge in [-0.2, -0.15) is 0 Å². The molecular formula is C11H20N2O. The van der Waals surface area contributed by atoms with Crippen molar-refractivity contribution in [1.82, 2.24) is 4.90 Å². The van der Waals surface area contributed by atoms with Crippen LogP contribution in [0, 0.1) is 11.3 Å². The molecule has 14 heavy (non-hydrogen) atoms. The fraction of sp³-hybridized carbons (Fsp3) is 0.909. The molecule has 0 radical (unpaired) electrons. The summed E-state index contributed by atoms with van der Waals surface area (Å²) in [6.07, 6.45) is 4.98. The van der Waals surface area contributed by atoms with Crippen LogP contribution in [-0.4, -0.2) is 30.4 Å². The van der Waals surface area contributed by atoms with Crippen molar-refractivity contribution < 1.29 is 4.79 Å². The molecular weight excluding hydrogens is 176 g/mol. The third kappa shape index (κ3) is 1.65. The van der Waals surface area contributed by atoms with Gasteiger partial charge in [0.05, 0.1) is 0 Å². The zero-order valence-corrected chi connectivity index (χ0v) is 8.96. The molecule has 2 N–H and O–H groups in total. The standard InChI is InChI=1S/C11H20N2O/c1-9(14)13-5-4-11(8-13)3-2-10(6-11)7-12/h10H,2-8,12H2,1H3/t10-,11+/m0/s1. The first-order chi connectivity index (χ1) is 6.65. The number of amides is 1. The first-order valence-electron chi connectivity index (χ1n) is 5.61. The van der Waals surface area contributed by atoms with Crippen LogP contribution >= 0.6 is 0 Å². The highest BCUT2D eigenvalue weighted by molar-refractivity contribution is 5.73. The third-order valence-corrected chi connectivity index (χ3v) is 4.02. The third-order valence-electron chi connectivity index (χ3n) is 4.02. The van der Waals surface area contributed by atoms with Crippen molar-refractivity contribution >= 4 is 5.91 Å². The van der Waals surface area contributed by atoms with Crippen molar-refractivity contribution in [3.63, 3.8) is 0 Å². The van der Waals surface area contributed by atoms with E-state index in [2.05, 4.69) is 0 Å². The lowest BCUT2D eigenvalue weighted by molar-refractivity contribution is -0.128. The number of carbonyl (C=O) groups excluding carboxylic acids is 1. The van der Waals surface area contributed by atoms with Gasteiger partial charge in [-0.05, 0) is 43.6 Å². The van der Waals surface area contributed by atoms with Crippen molar-refractivity contribution in [3.05, 3.63) is 0 Å². The van der Waals surface area contributed by atoms with E-state index in [1.165, 1.54) is 25.7 Å². The number of likely N-dealkylation sites (tertiary alicyclic amines) is 1. The second-order valence-electron chi connectivity index (χ2n) is 5.04. The Bertz CT molecular complexity index is 241. The topological polar surface area (TPSA) is 46.3 Å². The Morgan fingerprint density at radius 3 is 2.86 bits per heavy atom. The maximum absolute atomic E-state index is 11.2. The maximum atomic E-state index is 11.2. The molecule has 3 heteroatoms. The zero-order valence-electron chi connectivity index (χ0n) is 8.96. The molecule has 1 amide bonds. The van der Waals surface area contributed by atoms with Gasteiger partial charge in [-0.15, -0.1) is 0 Å². The van der Waals surface area contributed by atoms with Crippen LogP contribution in [0.5, 0.6) is 0 Å². The fourth-order valence-corrected chi connectivity index (χ4v) is 3.10. The molecule has 1 heterocycles. The van der Waals surface area contributed by atoms with Crippen LogP contribution in [0.15, 0.2) is 0 Å². The summed E-state index contributed by atoms with van der Waals surface area (Å²) >= 11 is 0. The number of rotatable bonds is 1. The summed E-state index contributed by atoms with van der Waals surface area (Å²) < 4.78 is 0. The predicted octanol–water partition coefficient (Wildman–Crippen LogP) is 0.984. The molecule has 2 fully saturated rings. The van der Waals surface area contributed by atoms with E-state index < -0.39 is 0 Å². The van der Waals surface area contributed by atoms with E-state index in [1.54, 1.807) is 6.92 Å². The van der Waals surface area contributed by atoms with Gasteiger partial charge < -0.3 is 10.6 Å². The van der Waals surface area contributed by atoms with Gasteiger partial charge in [-0.3, -0.25) is 4.79 Å². The molecule has 0 bridgehead atoms. The van der Waals surface area contributed by atoms with Gasteiger partial charge in [0.2, 0.25) is 5.91 Å². The van der Waals surface area contributed by atoms with E-state index in [4.69, 9.17) is 5.73 Å². The van der Waals surface area contributed by atoms with Crippen molar-refractivity contribution in [2.45, 2.75) is 32.6 Å². The normalized spacial score (nSPS) is 37.0. The number of hydrogen-bond acceptors (Lipinski definition) is 2. The lowest BCUT2D eigenvalue weighted by Gasteiger charge is -2.23. The van der Waals surface area contributed by atoms with E-state index in [-0.39, 0.29) is 5.91 Å².